The van der Waals surface area contributed by atoms with Crippen LogP contribution in [-0.4, -0.2) is 24.0 Å². The summed E-state index contributed by atoms with van der Waals surface area (Å²) >= 11 is 0. The first-order valence-corrected chi connectivity index (χ1v) is 8.82. The highest BCUT2D eigenvalue weighted by Gasteiger charge is 2.18. The van der Waals surface area contributed by atoms with Crippen molar-refractivity contribution in [3.63, 3.8) is 0 Å². The van der Waals surface area contributed by atoms with E-state index in [9.17, 15) is 14.9 Å². The quantitative estimate of drug-likeness (QED) is 0.554. The van der Waals surface area contributed by atoms with E-state index in [-0.39, 0.29) is 23.2 Å². The van der Waals surface area contributed by atoms with Gasteiger partial charge in [0, 0.05) is 17.2 Å². The number of aryl methyl sites for hydroxylation is 1. The van der Waals surface area contributed by atoms with Crippen molar-refractivity contribution in [1.82, 2.24) is 5.32 Å². The molecule has 0 radical (unpaired) electrons. The molecule has 2 rings (SSSR count). The van der Waals surface area contributed by atoms with E-state index in [4.69, 9.17) is 9.47 Å². The predicted octanol–water partition coefficient (Wildman–Crippen LogP) is 4.19. The van der Waals surface area contributed by atoms with Gasteiger partial charge >= 0.3 is 0 Å². The summed E-state index contributed by atoms with van der Waals surface area (Å²) in [6.45, 7) is 8.28. The van der Waals surface area contributed by atoms with Crippen molar-refractivity contribution in [3.8, 4) is 11.5 Å². The molecule has 0 aliphatic rings. The smallest absolute Gasteiger partial charge is 0.273 e. The molecule has 1 amide bonds. The molecular formula is C20H24N2O5. The predicted molar refractivity (Wildman–Crippen MR) is 102 cm³/mol. The molecule has 1 N–H and O–H groups in total. The zero-order valence-electron chi connectivity index (χ0n) is 15.9. The van der Waals surface area contributed by atoms with E-state index in [1.165, 1.54) is 6.07 Å². The van der Waals surface area contributed by atoms with Gasteiger partial charge in [0.25, 0.3) is 11.6 Å². The van der Waals surface area contributed by atoms with Gasteiger partial charge in [0.1, 0.15) is 0 Å². The lowest BCUT2D eigenvalue weighted by Crippen LogP contribution is -2.26. The van der Waals surface area contributed by atoms with Crippen molar-refractivity contribution >= 4 is 11.6 Å². The molecule has 27 heavy (non-hydrogen) atoms. The molecule has 7 nitrogen and oxygen atoms in total. The monoisotopic (exact) mass is 372 g/mol. The summed E-state index contributed by atoms with van der Waals surface area (Å²) in [7, 11) is 0. The van der Waals surface area contributed by atoms with Crippen molar-refractivity contribution in [1.29, 1.82) is 0 Å². The van der Waals surface area contributed by atoms with Crippen molar-refractivity contribution < 1.29 is 19.2 Å². The highest BCUT2D eigenvalue weighted by molar-refractivity contribution is 5.95. The molecule has 0 aromatic heterocycles. The maximum absolute atomic E-state index is 12.5. The maximum Gasteiger partial charge on any atom is 0.273 e. The van der Waals surface area contributed by atoms with Crippen LogP contribution in [0, 0.1) is 17.0 Å². The minimum absolute atomic E-state index is 0.0741. The van der Waals surface area contributed by atoms with Crippen LogP contribution in [0.5, 0.6) is 11.5 Å². The van der Waals surface area contributed by atoms with Crippen LogP contribution in [0.15, 0.2) is 36.4 Å². The zero-order valence-corrected chi connectivity index (χ0v) is 15.9. The van der Waals surface area contributed by atoms with Crippen molar-refractivity contribution in [2.24, 2.45) is 0 Å². The van der Waals surface area contributed by atoms with Crippen LogP contribution in [0.3, 0.4) is 0 Å². The van der Waals surface area contributed by atoms with Gasteiger partial charge in [-0.3, -0.25) is 14.9 Å². The third-order valence-corrected chi connectivity index (χ3v) is 4.08. The number of hydrogen-bond acceptors (Lipinski definition) is 5. The van der Waals surface area contributed by atoms with Crippen LogP contribution in [-0.2, 0) is 0 Å². The molecule has 0 unspecified atom stereocenters. The van der Waals surface area contributed by atoms with Crippen molar-refractivity contribution in [3.05, 3.63) is 63.2 Å². The Balaban J connectivity index is 2.20. The number of carbonyl (C=O) groups is 1. The number of hydrogen-bond donors (Lipinski definition) is 1. The Morgan fingerprint density at radius 1 is 1.11 bits per heavy atom. The molecule has 0 fully saturated rings. The molecule has 0 heterocycles. The first-order valence-electron chi connectivity index (χ1n) is 8.82. The second-order valence-corrected chi connectivity index (χ2v) is 6.03. The van der Waals surface area contributed by atoms with Gasteiger partial charge in [0.15, 0.2) is 11.5 Å². The minimum Gasteiger partial charge on any atom is -0.490 e. The van der Waals surface area contributed by atoms with E-state index in [1.807, 2.05) is 39.0 Å². The topological polar surface area (TPSA) is 90.7 Å². The van der Waals surface area contributed by atoms with Gasteiger partial charge in [-0.05, 0) is 51.5 Å². The Hall–Kier alpha value is -3.09. The third kappa shape index (κ3) is 4.97. The fourth-order valence-electron chi connectivity index (χ4n) is 2.65. The van der Waals surface area contributed by atoms with Crippen LogP contribution in [0.2, 0.25) is 0 Å². The summed E-state index contributed by atoms with van der Waals surface area (Å²) in [5, 5.41) is 13.9. The number of ether oxygens (including phenoxy) is 2. The summed E-state index contributed by atoms with van der Waals surface area (Å²) in [5.74, 6) is 0.886. The van der Waals surface area contributed by atoms with E-state index in [2.05, 4.69) is 5.32 Å². The summed E-state index contributed by atoms with van der Waals surface area (Å²) in [5.41, 5.74) is 1.53. The largest absolute Gasteiger partial charge is 0.490 e. The number of nitrogens with zero attached hydrogens (tertiary/aromatic N) is 1. The Morgan fingerprint density at radius 3 is 2.41 bits per heavy atom. The lowest BCUT2D eigenvalue weighted by molar-refractivity contribution is -0.385. The van der Waals surface area contributed by atoms with Gasteiger partial charge < -0.3 is 14.8 Å². The molecule has 2 aromatic rings. The average Bonchev–Trinajstić information content (AvgIpc) is 2.63. The molecule has 0 aliphatic heterocycles. The molecule has 7 heteroatoms. The number of nitrogens with one attached hydrogen (secondary N) is 1. The second-order valence-electron chi connectivity index (χ2n) is 6.03. The highest BCUT2D eigenvalue weighted by atomic mass is 16.6. The number of nitro benzene ring substituents is 1. The molecule has 2 aromatic carbocycles. The lowest BCUT2D eigenvalue weighted by atomic mass is 10.1. The maximum atomic E-state index is 12.5. The summed E-state index contributed by atoms with van der Waals surface area (Å²) < 4.78 is 11.2. The molecule has 0 saturated carbocycles. The summed E-state index contributed by atoms with van der Waals surface area (Å²) in [6, 6.07) is 9.63. The minimum atomic E-state index is -0.490. The Labute approximate surface area is 158 Å². The summed E-state index contributed by atoms with van der Waals surface area (Å²) in [4.78, 5) is 23.1. The SMILES string of the molecule is CCOc1ccc([C@H](C)NC(=O)c2ccc(C)c([N+](=O)[O-])c2)cc1OCC. The van der Waals surface area contributed by atoms with Crippen LogP contribution in [0.25, 0.3) is 0 Å². The number of rotatable bonds is 8. The number of benzene rings is 2. The molecule has 0 bridgehead atoms. The molecular weight excluding hydrogens is 348 g/mol. The third-order valence-electron chi connectivity index (χ3n) is 4.08. The van der Waals surface area contributed by atoms with Crippen LogP contribution in [0.4, 0.5) is 5.69 Å². The van der Waals surface area contributed by atoms with Crippen LogP contribution >= 0.6 is 0 Å². The van der Waals surface area contributed by atoms with Crippen LogP contribution < -0.4 is 14.8 Å². The molecule has 1 atom stereocenters. The molecule has 0 spiro atoms. The lowest BCUT2D eigenvalue weighted by Gasteiger charge is -2.17. The van der Waals surface area contributed by atoms with E-state index in [0.29, 0.717) is 30.3 Å². The van der Waals surface area contributed by atoms with E-state index in [0.717, 1.165) is 5.56 Å². The normalized spacial score (nSPS) is 11.6. The standard InChI is InChI=1S/C20H24N2O5/c1-5-26-18-10-9-15(12-19(18)27-6-2)14(4)21-20(23)16-8-7-13(3)17(11-16)22(24)25/h7-12,14H,5-6H2,1-4H3,(H,21,23)/t14-/m0/s1. The van der Waals surface area contributed by atoms with E-state index < -0.39 is 4.92 Å². The van der Waals surface area contributed by atoms with Gasteiger partial charge in [-0.15, -0.1) is 0 Å². The fraction of sp³-hybridized carbons (Fsp3) is 0.350. The number of amides is 1. The first-order chi connectivity index (χ1) is 12.9. The van der Waals surface area contributed by atoms with Gasteiger partial charge in [-0.25, -0.2) is 0 Å². The molecule has 0 saturated heterocycles. The summed E-state index contributed by atoms with van der Waals surface area (Å²) in [6.07, 6.45) is 0. The van der Waals surface area contributed by atoms with Crippen molar-refractivity contribution in [2.75, 3.05) is 13.2 Å². The van der Waals surface area contributed by atoms with Gasteiger partial charge in [0.2, 0.25) is 0 Å². The zero-order chi connectivity index (χ0) is 20.0. The Bertz CT molecular complexity index is 835. The van der Waals surface area contributed by atoms with Crippen LogP contribution in [0.1, 0.15) is 48.3 Å². The Morgan fingerprint density at radius 2 is 1.78 bits per heavy atom. The van der Waals surface area contributed by atoms with E-state index in [1.54, 1.807) is 19.1 Å². The van der Waals surface area contributed by atoms with Gasteiger partial charge in [-0.1, -0.05) is 12.1 Å². The second kappa shape index (κ2) is 9.02. The molecule has 0 aliphatic carbocycles. The number of nitro groups is 1. The van der Waals surface area contributed by atoms with E-state index >= 15 is 0 Å². The van der Waals surface area contributed by atoms with Gasteiger partial charge in [-0.2, -0.15) is 0 Å². The average molecular weight is 372 g/mol. The van der Waals surface area contributed by atoms with Gasteiger partial charge in [0.05, 0.1) is 24.2 Å². The Kier molecular flexibility index (Phi) is 6.76. The fourth-order valence-corrected chi connectivity index (χ4v) is 2.65. The van der Waals surface area contributed by atoms with Crippen molar-refractivity contribution in [2.45, 2.75) is 33.7 Å². The number of carbonyl (C=O) groups excluding carboxylic acids is 1. The first kappa shape index (κ1) is 20.2. The highest BCUT2D eigenvalue weighted by Crippen LogP contribution is 2.31. The molecule has 144 valence electrons.